The third-order valence-electron chi connectivity index (χ3n) is 1.85. The molecule has 2 nitrogen and oxygen atoms in total. The van der Waals surface area contributed by atoms with E-state index in [1.807, 2.05) is 18.2 Å². The largest absolute Gasteiger partial charge is 0.497 e. The summed E-state index contributed by atoms with van der Waals surface area (Å²) in [6.45, 7) is 0. The molecule has 0 heterocycles. The molecule has 1 aromatic carbocycles. The molecule has 0 amide bonds. The van der Waals surface area contributed by atoms with Crippen molar-refractivity contribution in [1.29, 1.82) is 0 Å². The van der Waals surface area contributed by atoms with E-state index in [9.17, 15) is 0 Å². The van der Waals surface area contributed by atoms with E-state index in [0.717, 1.165) is 23.5 Å². The molecule has 0 atom stereocenters. The Balaban J connectivity index is 2.95. The Labute approximate surface area is 83.4 Å². The molecule has 0 aliphatic heterocycles. The number of ether oxygens (including phenoxy) is 2. The van der Waals surface area contributed by atoms with Crippen molar-refractivity contribution >= 4 is 11.6 Å². The summed E-state index contributed by atoms with van der Waals surface area (Å²) in [5.74, 6) is 2.28. The summed E-state index contributed by atoms with van der Waals surface area (Å²) in [5, 5.41) is 0. The molecule has 72 valence electrons. The van der Waals surface area contributed by atoms with Crippen molar-refractivity contribution < 1.29 is 9.47 Å². The minimum Gasteiger partial charge on any atom is -0.497 e. The third-order valence-corrected chi connectivity index (χ3v) is 2.04. The topological polar surface area (TPSA) is 18.5 Å². The molecule has 1 rings (SSSR count). The third kappa shape index (κ3) is 2.52. The van der Waals surface area contributed by atoms with Gasteiger partial charge in [0.15, 0.2) is 0 Å². The zero-order chi connectivity index (χ0) is 9.68. The lowest BCUT2D eigenvalue weighted by Gasteiger charge is -2.08. The van der Waals surface area contributed by atoms with Crippen LogP contribution in [0.3, 0.4) is 0 Å². The molecule has 0 N–H and O–H groups in total. The fraction of sp³-hybridized carbons (Fsp3) is 0.400. The van der Waals surface area contributed by atoms with E-state index in [2.05, 4.69) is 0 Å². The highest BCUT2D eigenvalue weighted by Gasteiger charge is 2.03. The average Bonchev–Trinajstić information content (AvgIpc) is 2.18. The van der Waals surface area contributed by atoms with Crippen LogP contribution in [-0.2, 0) is 6.42 Å². The molecule has 3 heteroatoms. The van der Waals surface area contributed by atoms with Gasteiger partial charge in [0.2, 0.25) is 0 Å². The molecular weight excluding hydrogens is 188 g/mol. The van der Waals surface area contributed by atoms with Gasteiger partial charge in [-0.2, -0.15) is 0 Å². The molecule has 0 bridgehead atoms. The summed E-state index contributed by atoms with van der Waals surface area (Å²) in [5.41, 5.74) is 1.08. The number of halogens is 1. The number of methoxy groups -OCH3 is 2. The Morgan fingerprint density at radius 1 is 1.23 bits per heavy atom. The van der Waals surface area contributed by atoms with Gasteiger partial charge in [0.05, 0.1) is 14.2 Å². The van der Waals surface area contributed by atoms with Gasteiger partial charge in [-0.3, -0.25) is 0 Å². The maximum absolute atomic E-state index is 5.66. The molecule has 0 saturated carbocycles. The lowest BCUT2D eigenvalue weighted by atomic mass is 10.1. The molecule has 0 radical (unpaired) electrons. The van der Waals surface area contributed by atoms with Crippen LogP contribution >= 0.6 is 11.6 Å². The normalized spacial score (nSPS) is 9.77. The number of alkyl halides is 1. The summed E-state index contributed by atoms with van der Waals surface area (Å²) < 4.78 is 10.3. The van der Waals surface area contributed by atoms with Crippen molar-refractivity contribution in [2.24, 2.45) is 0 Å². The highest BCUT2D eigenvalue weighted by atomic mass is 35.5. The smallest absolute Gasteiger partial charge is 0.122 e. The molecule has 0 spiro atoms. The zero-order valence-corrected chi connectivity index (χ0v) is 8.60. The molecule has 0 fully saturated rings. The molecule has 0 unspecified atom stereocenters. The van der Waals surface area contributed by atoms with E-state index in [1.54, 1.807) is 14.2 Å². The Morgan fingerprint density at radius 3 is 2.54 bits per heavy atom. The van der Waals surface area contributed by atoms with E-state index >= 15 is 0 Å². The van der Waals surface area contributed by atoms with E-state index in [0.29, 0.717) is 5.88 Å². The van der Waals surface area contributed by atoms with E-state index < -0.39 is 0 Å². The van der Waals surface area contributed by atoms with E-state index in [4.69, 9.17) is 21.1 Å². The Kier molecular flexibility index (Phi) is 3.90. The lowest BCUT2D eigenvalue weighted by molar-refractivity contribution is 0.399. The van der Waals surface area contributed by atoms with Crippen molar-refractivity contribution in [2.75, 3.05) is 20.1 Å². The van der Waals surface area contributed by atoms with Gasteiger partial charge < -0.3 is 9.47 Å². The standard InChI is InChI=1S/C10H13ClO2/c1-12-9-3-4-10(13-2)8(7-9)5-6-11/h3-4,7H,5-6H2,1-2H3. The van der Waals surface area contributed by atoms with Crippen LogP contribution in [0.2, 0.25) is 0 Å². The number of hydrogen-bond donors (Lipinski definition) is 0. The number of rotatable bonds is 4. The molecule has 1 aromatic rings. The lowest BCUT2D eigenvalue weighted by Crippen LogP contribution is -1.94. The molecule has 0 aromatic heterocycles. The van der Waals surface area contributed by atoms with Gasteiger partial charge in [0.25, 0.3) is 0 Å². The van der Waals surface area contributed by atoms with Gasteiger partial charge in [0, 0.05) is 5.88 Å². The monoisotopic (exact) mass is 200 g/mol. The fourth-order valence-corrected chi connectivity index (χ4v) is 1.38. The average molecular weight is 201 g/mol. The minimum absolute atomic E-state index is 0.587. The highest BCUT2D eigenvalue weighted by Crippen LogP contribution is 2.24. The Bertz CT molecular complexity index is 274. The first-order valence-electron chi connectivity index (χ1n) is 4.08. The van der Waals surface area contributed by atoms with E-state index in [-0.39, 0.29) is 0 Å². The second-order valence-corrected chi connectivity index (χ2v) is 2.99. The van der Waals surface area contributed by atoms with Gasteiger partial charge in [-0.05, 0) is 30.2 Å². The molecule has 0 saturated heterocycles. The second kappa shape index (κ2) is 4.97. The summed E-state index contributed by atoms with van der Waals surface area (Å²) in [4.78, 5) is 0. The SMILES string of the molecule is COc1ccc(OC)c(CCCl)c1. The van der Waals surface area contributed by atoms with Crippen LogP contribution in [0, 0.1) is 0 Å². The van der Waals surface area contributed by atoms with Crippen molar-refractivity contribution in [2.45, 2.75) is 6.42 Å². The second-order valence-electron chi connectivity index (χ2n) is 2.62. The molecule has 13 heavy (non-hydrogen) atoms. The number of benzene rings is 1. The predicted octanol–water partition coefficient (Wildman–Crippen LogP) is 2.49. The summed E-state index contributed by atoms with van der Waals surface area (Å²) in [6, 6.07) is 5.71. The van der Waals surface area contributed by atoms with Crippen molar-refractivity contribution in [1.82, 2.24) is 0 Å². The maximum Gasteiger partial charge on any atom is 0.122 e. The van der Waals surface area contributed by atoms with Gasteiger partial charge >= 0.3 is 0 Å². The van der Waals surface area contributed by atoms with Gasteiger partial charge in [-0.1, -0.05) is 0 Å². The number of aryl methyl sites for hydroxylation is 1. The summed E-state index contributed by atoms with van der Waals surface area (Å²) in [7, 11) is 3.30. The van der Waals surface area contributed by atoms with Crippen molar-refractivity contribution in [3.8, 4) is 11.5 Å². The van der Waals surface area contributed by atoms with Crippen molar-refractivity contribution in [3.63, 3.8) is 0 Å². The zero-order valence-electron chi connectivity index (χ0n) is 7.84. The van der Waals surface area contributed by atoms with E-state index in [1.165, 1.54) is 0 Å². The highest BCUT2D eigenvalue weighted by molar-refractivity contribution is 6.18. The first kappa shape index (κ1) is 10.2. The van der Waals surface area contributed by atoms with Gasteiger partial charge in [-0.15, -0.1) is 11.6 Å². The fourth-order valence-electron chi connectivity index (χ4n) is 1.18. The van der Waals surface area contributed by atoms with Crippen LogP contribution in [-0.4, -0.2) is 20.1 Å². The van der Waals surface area contributed by atoms with Crippen LogP contribution in [0.15, 0.2) is 18.2 Å². The van der Waals surface area contributed by atoms with Crippen LogP contribution < -0.4 is 9.47 Å². The van der Waals surface area contributed by atoms with Crippen LogP contribution in [0.25, 0.3) is 0 Å². The van der Waals surface area contributed by atoms with Crippen molar-refractivity contribution in [3.05, 3.63) is 23.8 Å². The minimum atomic E-state index is 0.587. The van der Waals surface area contributed by atoms with Crippen LogP contribution in [0.1, 0.15) is 5.56 Å². The molecule has 0 aliphatic carbocycles. The van der Waals surface area contributed by atoms with Crippen LogP contribution in [0.4, 0.5) is 0 Å². The Hall–Kier alpha value is -0.890. The Morgan fingerprint density at radius 2 is 2.00 bits per heavy atom. The molecule has 0 aliphatic rings. The summed E-state index contributed by atoms with van der Waals surface area (Å²) in [6.07, 6.45) is 0.794. The predicted molar refractivity (Wildman–Crippen MR) is 54.0 cm³/mol. The maximum atomic E-state index is 5.66. The molecular formula is C10H13ClO2. The van der Waals surface area contributed by atoms with Gasteiger partial charge in [-0.25, -0.2) is 0 Å². The van der Waals surface area contributed by atoms with Crippen LogP contribution in [0.5, 0.6) is 11.5 Å². The summed E-state index contributed by atoms with van der Waals surface area (Å²) >= 11 is 5.66. The quantitative estimate of drug-likeness (QED) is 0.696. The van der Waals surface area contributed by atoms with Gasteiger partial charge in [0.1, 0.15) is 11.5 Å². The number of hydrogen-bond acceptors (Lipinski definition) is 2. The first-order valence-corrected chi connectivity index (χ1v) is 4.62. The first-order chi connectivity index (χ1) is 6.31.